The van der Waals surface area contributed by atoms with Crippen molar-refractivity contribution in [2.75, 3.05) is 7.11 Å². The van der Waals surface area contributed by atoms with Crippen molar-refractivity contribution in [2.45, 2.75) is 25.3 Å². The standard InChI is InChI=1S/C15H19BrN2O2/c1-19-15-7-4-11(10-14(15)16)9-12(18-17)5-6-13-3-2-8-20-13/h2-4,7-8,10,12,18H,5-6,9,17H2,1H3. The van der Waals surface area contributed by atoms with Crippen LogP contribution in [0.15, 0.2) is 45.5 Å². The van der Waals surface area contributed by atoms with Crippen molar-refractivity contribution in [3.63, 3.8) is 0 Å². The van der Waals surface area contributed by atoms with Gasteiger partial charge in [-0.3, -0.25) is 11.3 Å². The number of rotatable bonds is 7. The molecular weight excluding hydrogens is 320 g/mol. The molecule has 0 saturated heterocycles. The molecule has 0 aliphatic carbocycles. The van der Waals surface area contributed by atoms with Gasteiger partial charge in [0.25, 0.3) is 0 Å². The SMILES string of the molecule is COc1ccc(CC(CCc2ccco2)NN)cc1Br. The molecule has 20 heavy (non-hydrogen) atoms. The fraction of sp³-hybridized carbons (Fsp3) is 0.333. The topological polar surface area (TPSA) is 60.4 Å². The summed E-state index contributed by atoms with van der Waals surface area (Å²) in [7, 11) is 1.66. The molecule has 1 aromatic carbocycles. The Labute approximate surface area is 127 Å². The molecule has 0 spiro atoms. The number of furan rings is 1. The van der Waals surface area contributed by atoms with Crippen LogP contribution in [0.3, 0.4) is 0 Å². The zero-order valence-corrected chi connectivity index (χ0v) is 13.0. The van der Waals surface area contributed by atoms with Crippen molar-refractivity contribution in [1.29, 1.82) is 0 Å². The Kier molecular flexibility index (Phi) is 5.64. The highest BCUT2D eigenvalue weighted by Gasteiger charge is 2.10. The number of ether oxygens (including phenoxy) is 1. The lowest BCUT2D eigenvalue weighted by atomic mass is 10.0. The molecule has 0 aliphatic heterocycles. The van der Waals surface area contributed by atoms with Gasteiger partial charge in [0.1, 0.15) is 11.5 Å². The van der Waals surface area contributed by atoms with E-state index in [1.807, 2.05) is 18.2 Å². The molecule has 1 heterocycles. The maximum absolute atomic E-state index is 5.64. The van der Waals surface area contributed by atoms with E-state index < -0.39 is 0 Å². The van der Waals surface area contributed by atoms with Crippen LogP contribution in [0.5, 0.6) is 5.75 Å². The molecule has 108 valence electrons. The van der Waals surface area contributed by atoms with Crippen LogP contribution < -0.4 is 16.0 Å². The van der Waals surface area contributed by atoms with E-state index in [4.69, 9.17) is 15.0 Å². The minimum absolute atomic E-state index is 0.209. The Balaban J connectivity index is 1.93. The van der Waals surface area contributed by atoms with E-state index >= 15 is 0 Å². The minimum Gasteiger partial charge on any atom is -0.496 e. The normalized spacial score (nSPS) is 12.3. The second kappa shape index (κ2) is 7.47. The number of methoxy groups -OCH3 is 1. The lowest BCUT2D eigenvalue weighted by molar-refractivity contribution is 0.411. The first-order valence-corrected chi connectivity index (χ1v) is 7.33. The van der Waals surface area contributed by atoms with Crippen molar-refractivity contribution in [3.05, 3.63) is 52.4 Å². The number of aryl methyl sites for hydroxylation is 1. The van der Waals surface area contributed by atoms with Gasteiger partial charge in [-0.05, 0) is 58.6 Å². The van der Waals surface area contributed by atoms with Gasteiger partial charge in [0.05, 0.1) is 17.8 Å². The molecule has 5 heteroatoms. The van der Waals surface area contributed by atoms with Crippen molar-refractivity contribution in [1.82, 2.24) is 5.43 Å². The van der Waals surface area contributed by atoms with Crippen LogP contribution in [-0.2, 0) is 12.8 Å². The maximum atomic E-state index is 5.64. The third-order valence-electron chi connectivity index (χ3n) is 3.25. The first-order valence-electron chi connectivity index (χ1n) is 6.54. The van der Waals surface area contributed by atoms with Gasteiger partial charge in [-0.1, -0.05) is 6.07 Å². The van der Waals surface area contributed by atoms with Gasteiger partial charge >= 0.3 is 0 Å². The number of hydrogen-bond donors (Lipinski definition) is 2. The predicted octanol–water partition coefficient (Wildman–Crippen LogP) is 3.06. The summed E-state index contributed by atoms with van der Waals surface area (Å²) in [6.45, 7) is 0. The van der Waals surface area contributed by atoms with Crippen LogP contribution in [0.25, 0.3) is 0 Å². The van der Waals surface area contributed by atoms with E-state index in [0.717, 1.165) is 35.2 Å². The minimum atomic E-state index is 0.209. The Morgan fingerprint density at radius 2 is 2.25 bits per heavy atom. The number of benzene rings is 1. The number of hydrazine groups is 1. The zero-order chi connectivity index (χ0) is 14.4. The van der Waals surface area contributed by atoms with E-state index in [1.54, 1.807) is 13.4 Å². The summed E-state index contributed by atoms with van der Waals surface area (Å²) in [6, 6.07) is 10.2. The van der Waals surface area contributed by atoms with Crippen LogP contribution in [0, 0.1) is 0 Å². The predicted molar refractivity (Wildman–Crippen MR) is 82.5 cm³/mol. The summed E-state index contributed by atoms with van der Waals surface area (Å²) in [6.07, 6.45) is 4.35. The highest BCUT2D eigenvalue weighted by molar-refractivity contribution is 9.10. The van der Waals surface area contributed by atoms with Crippen LogP contribution in [-0.4, -0.2) is 13.2 Å². The van der Waals surface area contributed by atoms with E-state index in [9.17, 15) is 0 Å². The molecule has 0 aliphatic rings. The Morgan fingerprint density at radius 1 is 1.40 bits per heavy atom. The third-order valence-corrected chi connectivity index (χ3v) is 3.87. The summed E-state index contributed by atoms with van der Waals surface area (Å²) >= 11 is 3.50. The molecule has 0 saturated carbocycles. The summed E-state index contributed by atoms with van der Waals surface area (Å²) in [5.41, 5.74) is 4.08. The summed E-state index contributed by atoms with van der Waals surface area (Å²) in [5.74, 6) is 7.46. The fourth-order valence-corrected chi connectivity index (χ4v) is 2.73. The Bertz CT molecular complexity index is 529. The second-order valence-corrected chi connectivity index (χ2v) is 5.51. The van der Waals surface area contributed by atoms with E-state index in [1.165, 1.54) is 5.56 Å². The molecule has 3 N–H and O–H groups in total. The van der Waals surface area contributed by atoms with Gasteiger partial charge in [-0.2, -0.15) is 0 Å². The smallest absolute Gasteiger partial charge is 0.133 e. The Hall–Kier alpha value is -1.30. The van der Waals surface area contributed by atoms with Crippen LogP contribution in [0.1, 0.15) is 17.7 Å². The first-order chi connectivity index (χ1) is 9.72. The summed E-state index contributed by atoms with van der Waals surface area (Å²) in [5, 5.41) is 0. The maximum Gasteiger partial charge on any atom is 0.133 e. The van der Waals surface area contributed by atoms with E-state index in [0.29, 0.717) is 0 Å². The molecule has 2 aromatic rings. The van der Waals surface area contributed by atoms with Gasteiger partial charge in [0.2, 0.25) is 0 Å². The lowest BCUT2D eigenvalue weighted by Gasteiger charge is -2.16. The van der Waals surface area contributed by atoms with Gasteiger partial charge in [0, 0.05) is 12.5 Å². The van der Waals surface area contributed by atoms with Gasteiger partial charge in [0.15, 0.2) is 0 Å². The number of halogens is 1. The van der Waals surface area contributed by atoms with Crippen LogP contribution in [0.2, 0.25) is 0 Å². The van der Waals surface area contributed by atoms with Crippen molar-refractivity contribution < 1.29 is 9.15 Å². The van der Waals surface area contributed by atoms with Crippen LogP contribution >= 0.6 is 15.9 Å². The zero-order valence-electron chi connectivity index (χ0n) is 11.4. The van der Waals surface area contributed by atoms with E-state index in [2.05, 4.69) is 33.5 Å². The summed E-state index contributed by atoms with van der Waals surface area (Å²) < 4.78 is 11.5. The monoisotopic (exact) mass is 338 g/mol. The van der Waals surface area contributed by atoms with Gasteiger partial charge in [-0.25, -0.2) is 0 Å². The highest BCUT2D eigenvalue weighted by Crippen LogP contribution is 2.26. The Morgan fingerprint density at radius 3 is 2.85 bits per heavy atom. The average Bonchev–Trinajstić information content (AvgIpc) is 2.97. The van der Waals surface area contributed by atoms with Gasteiger partial charge < -0.3 is 9.15 Å². The molecule has 4 nitrogen and oxygen atoms in total. The fourth-order valence-electron chi connectivity index (χ4n) is 2.14. The third kappa shape index (κ3) is 4.10. The first kappa shape index (κ1) is 15.1. The summed E-state index contributed by atoms with van der Waals surface area (Å²) in [4.78, 5) is 0. The van der Waals surface area contributed by atoms with Crippen molar-refractivity contribution >= 4 is 15.9 Å². The highest BCUT2D eigenvalue weighted by atomic mass is 79.9. The molecule has 1 atom stereocenters. The number of nitrogens with one attached hydrogen (secondary N) is 1. The van der Waals surface area contributed by atoms with Crippen LogP contribution in [0.4, 0.5) is 0 Å². The molecule has 0 amide bonds. The molecule has 1 unspecified atom stereocenters. The molecule has 1 aromatic heterocycles. The van der Waals surface area contributed by atoms with Crippen molar-refractivity contribution in [2.24, 2.45) is 5.84 Å². The quantitative estimate of drug-likeness (QED) is 0.601. The molecule has 2 rings (SSSR count). The van der Waals surface area contributed by atoms with E-state index in [-0.39, 0.29) is 6.04 Å². The molecular formula is C15H19BrN2O2. The largest absolute Gasteiger partial charge is 0.496 e. The van der Waals surface area contributed by atoms with Gasteiger partial charge in [-0.15, -0.1) is 0 Å². The van der Waals surface area contributed by atoms with Crippen molar-refractivity contribution in [3.8, 4) is 5.75 Å². The number of hydrogen-bond acceptors (Lipinski definition) is 4. The number of nitrogens with two attached hydrogens (primary N) is 1. The average molecular weight is 339 g/mol. The second-order valence-electron chi connectivity index (χ2n) is 4.65. The molecule has 0 bridgehead atoms. The lowest BCUT2D eigenvalue weighted by Crippen LogP contribution is -2.37. The molecule has 0 fully saturated rings. The molecule has 0 radical (unpaired) electrons.